The SMILES string of the molecule is CCCN1CCOC(C(CCC(F)(F)F)NCC)C1. The van der Waals surface area contributed by atoms with E-state index in [0.717, 1.165) is 26.1 Å². The van der Waals surface area contributed by atoms with Gasteiger partial charge in [-0.2, -0.15) is 13.2 Å². The fraction of sp³-hybridized carbons (Fsp3) is 1.00. The summed E-state index contributed by atoms with van der Waals surface area (Å²) in [5.41, 5.74) is 0. The molecule has 6 heteroatoms. The average molecular weight is 282 g/mol. The quantitative estimate of drug-likeness (QED) is 0.776. The minimum atomic E-state index is -4.09. The van der Waals surface area contributed by atoms with Crippen molar-refractivity contribution in [1.29, 1.82) is 0 Å². The molecule has 1 aliphatic rings. The first-order valence-electron chi connectivity index (χ1n) is 7.10. The first-order valence-corrected chi connectivity index (χ1v) is 7.10. The summed E-state index contributed by atoms with van der Waals surface area (Å²) < 4.78 is 42.7. The monoisotopic (exact) mass is 282 g/mol. The lowest BCUT2D eigenvalue weighted by molar-refractivity contribution is -0.140. The highest BCUT2D eigenvalue weighted by molar-refractivity contribution is 4.83. The van der Waals surface area contributed by atoms with Crippen molar-refractivity contribution in [2.75, 3.05) is 32.8 Å². The van der Waals surface area contributed by atoms with Gasteiger partial charge in [-0.25, -0.2) is 0 Å². The summed E-state index contributed by atoms with van der Waals surface area (Å²) in [4.78, 5) is 2.27. The van der Waals surface area contributed by atoms with E-state index in [2.05, 4.69) is 17.1 Å². The highest BCUT2D eigenvalue weighted by atomic mass is 19.4. The molecule has 1 rings (SSSR count). The van der Waals surface area contributed by atoms with Crippen molar-refractivity contribution in [3.63, 3.8) is 0 Å². The van der Waals surface area contributed by atoms with Gasteiger partial charge in [-0.05, 0) is 25.9 Å². The van der Waals surface area contributed by atoms with E-state index in [9.17, 15) is 13.2 Å². The van der Waals surface area contributed by atoms with E-state index >= 15 is 0 Å². The van der Waals surface area contributed by atoms with E-state index in [1.807, 2.05) is 6.92 Å². The first-order chi connectivity index (χ1) is 8.96. The zero-order chi connectivity index (χ0) is 14.3. The lowest BCUT2D eigenvalue weighted by Crippen LogP contribution is -2.52. The van der Waals surface area contributed by atoms with Crippen LogP contribution >= 0.6 is 0 Å². The van der Waals surface area contributed by atoms with Crippen LogP contribution in [0.3, 0.4) is 0 Å². The van der Waals surface area contributed by atoms with Gasteiger partial charge in [-0.1, -0.05) is 13.8 Å². The molecule has 19 heavy (non-hydrogen) atoms. The third-order valence-electron chi connectivity index (χ3n) is 3.37. The van der Waals surface area contributed by atoms with Crippen LogP contribution in [0.15, 0.2) is 0 Å². The summed E-state index contributed by atoms with van der Waals surface area (Å²) in [7, 11) is 0. The lowest BCUT2D eigenvalue weighted by atomic mass is 10.0. The number of halogens is 3. The van der Waals surface area contributed by atoms with E-state index < -0.39 is 12.6 Å². The average Bonchev–Trinajstić information content (AvgIpc) is 2.34. The largest absolute Gasteiger partial charge is 0.389 e. The predicted octanol–water partition coefficient (Wildman–Crippen LogP) is 2.42. The van der Waals surface area contributed by atoms with Gasteiger partial charge in [0, 0.05) is 25.6 Å². The van der Waals surface area contributed by atoms with Gasteiger partial charge in [0.1, 0.15) is 0 Å². The Bertz CT molecular complexity index is 247. The molecule has 0 aromatic rings. The highest BCUT2D eigenvalue weighted by Crippen LogP contribution is 2.24. The number of nitrogens with one attached hydrogen (secondary N) is 1. The summed E-state index contributed by atoms with van der Waals surface area (Å²) >= 11 is 0. The van der Waals surface area contributed by atoms with Crippen LogP contribution < -0.4 is 5.32 Å². The Morgan fingerprint density at radius 2 is 2.11 bits per heavy atom. The van der Waals surface area contributed by atoms with E-state index in [0.29, 0.717) is 13.2 Å². The van der Waals surface area contributed by atoms with Gasteiger partial charge in [0.25, 0.3) is 0 Å². The second kappa shape index (κ2) is 8.07. The molecule has 0 spiro atoms. The molecule has 0 aliphatic carbocycles. The predicted molar refractivity (Wildman–Crippen MR) is 69.2 cm³/mol. The van der Waals surface area contributed by atoms with Crippen molar-refractivity contribution in [2.24, 2.45) is 0 Å². The smallest absolute Gasteiger partial charge is 0.374 e. The Balaban J connectivity index is 2.49. The van der Waals surface area contributed by atoms with E-state index in [1.165, 1.54) is 0 Å². The molecular formula is C13H25F3N2O. The Morgan fingerprint density at radius 1 is 1.37 bits per heavy atom. The number of hydrogen-bond acceptors (Lipinski definition) is 3. The van der Waals surface area contributed by atoms with Crippen molar-refractivity contribution < 1.29 is 17.9 Å². The van der Waals surface area contributed by atoms with Crippen LogP contribution in [0.1, 0.15) is 33.1 Å². The number of rotatable bonds is 7. The molecule has 1 aliphatic heterocycles. The molecule has 2 atom stereocenters. The van der Waals surface area contributed by atoms with Crippen LogP contribution in [0.4, 0.5) is 13.2 Å². The van der Waals surface area contributed by atoms with Crippen LogP contribution in [0.25, 0.3) is 0 Å². The van der Waals surface area contributed by atoms with Crippen LogP contribution in [-0.4, -0.2) is 56.0 Å². The van der Waals surface area contributed by atoms with Crippen molar-refractivity contribution in [1.82, 2.24) is 10.2 Å². The maximum Gasteiger partial charge on any atom is 0.389 e. The summed E-state index contributed by atoms with van der Waals surface area (Å²) in [6, 6.07) is -0.216. The fourth-order valence-electron chi connectivity index (χ4n) is 2.50. The third-order valence-corrected chi connectivity index (χ3v) is 3.37. The minimum Gasteiger partial charge on any atom is -0.374 e. The van der Waals surface area contributed by atoms with Gasteiger partial charge in [0.05, 0.1) is 12.7 Å². The molecule has 1 fully saturated rings. The number of ether oxygens (including phenoxy) is 1. The van der Waals surface area contributed by atoms with Gasteiger partial charge in [0.2, 0.25) is 0 Å². The normalized spacial score (nSPS) is 23.5. The Hall–Kier alpha value is -0.330. The maximum absolute atomic E-state index is 12.3. The van der Waals surface area contributed by atoms with Gasteiger partial charge < -0.3 is 10.1 Å². The fourth-order valence-corrected chi connectivity index (χ4v) is 2.50. The van der Waals surface area contributed by atoms with Crippen molar-refractivity contribution >= 4 is 0 Å². The van der Waals surface area contributed by atoms with E-state index in [1.54, 1.807) is 0 Å². The topological polar surface area (TPSA) is 24.5 Å². The highest BCUT2D eigenvalue weighted by Gasteiger charge is 2.32. The second-order valence-corrected chi connectivity index (χ2v) is 5.03. The molecule has 1 heterocycles. The van der Waals surface area contributed by atoms with Crippen molar-refractivity contribution in [3.05, 3.63) is 0 Å². The summed E-state index contributed by atoms with van der Waals surface area (Å²) in [6.45, 7) is 7.88. The summed E-state index contributed by atoms with van der Waals surface area (Å²) in [6.07, 6.45) is -3.84. The Morgan fingerprint density at radius 3 is 2.68 bits per heavy atom. The number of morpholine rings is 1. The first kappa shape index (κ1) is 16.7. The molecule has 1 N–H and O–H groups in total. The van der Waals surface area contributed by atoms with Crippen molar-refractivity contribution in [3.8, 4) is 0 Å². The zero-order valence-corrected chi connectivity index (χ0v) is 11.8. The number of hydrogen-bond donors (Lipinski definition) is 1. The third kappa shape index (κ3) is 6.58. The number of nitrogens with zero attached hydrogens (tertiary/aromatic N) is 1. The van der Waals surface area contributed by atoms with Crippen LogP contribution in [-0.2, 0) is 4.74 Å². The van der Waals surface area contributed by atoms with Gasteiger partial charge in [-0.3, -0.25) is 4.90 Å². The van der Waals surface area contributed by atoms with Gasteiger partial charge in [-0.15, -0.1) is 0 Å². The molecule has 0 aromatic heterocycles. The second-order valence-electron chi connectivity index (χ2n) is 5.03. The molecule has 0 amide bonds. The molecular weight excluding hydrogens is 257 g/mol. The number of alkyl halides is 3. The van der Waals surface area contributed by atoms with E-state index in [-0.39, 0.29) is 18.6 Å². The zero-order valence-electron chi connectivity index (χ0n) is 11.8. The van der Waals surface area contributed by atoms with Crippen molar-refractivity contribution in [2.45, 2.75) is 51.4 Å². The molecule has 2 unspecified atom stereocenters. The molecule has 0 aromatic carbocycles. The molecule has 0 saturated carbocycles. The molecule has 3 nitrogen and oxygen atoms in total. The maximum atomic E-state index is 12.3. The van der Waals surface area contributed by atoms with Gasteiger partial charge >= 0.3 is 6.18 Å². The molecule has 1 saturated heterocycles. The molecule has 0 bridgehead atoms. The van der Waals surface area contributed by atoms with Crippen LogP contribution in [0.5, 0.6) is 0 Å². The van der Waals surface area contributed by atoms with Crippen LogP contribution in [0, 0.1) is 0 Å². The minimum absolute atomic E-state index is 0.0853. The van der Waals surface area contributed by atoms with E-state index in [4.69, 9.17) is 4.74 Å². The van der Waals surface area contributed by atoms with Gasteiger partial charge in [0.15, 0.2) is 0 Å². The Kier molecular flexibility index (Phi) is 7.10. The molecule has 0 radical (unpaired) electrons. The molecule has 114 valence electrons. The summed E-state index contributed by atoms with van der Waals surface area (Å²) in [5.74, 6) is 0. The lowest BCUT2D eigenvalue weighted by Gasteiger charge is -2.37. The standard InChI is InChI=1S/C13H25F3N2O/c1-3-7-18-8-9-19-12(10-18)11(17-4-2)5-6-13(14,15)16/h11-12,17H,3-10H2,1-2H3. The van der Waals surface area contributed by atoms with Crippen LogP contribution in [0.2, 0.25) is 0 Å². The number of likely N-dealkylation sites (N-methyl/N-ethyl adjacent to an activating group) is 1. The summed E-state index contributed by atoms with van der Waals surface area (Å²) in [5, 5.41) is 3.14. The Labute approximate surface area is 113 Å².